The van der Waals surface area contributed by atoms with Gasteiger partial charge in [0, 0.05) is 27.9 Å². The van der Waals surface area contributed by atoms with E-state index in [0.717, 1.165) is 45.3 Å². The highest BCUT2D eigenvalue weighted by Crippen LogP contribution is 2.29. The molecule has 0 bridgehead atoms. The van der Waals surface area contributed by atoms with Gasteiger partial charge < -0.3 is 9.72 Å². The summed E-state index contributed by atoms with van der Waals surface area (Å²) in [5, 5.41) is 2.16. The number of benzene rings is 4. The maximum absolute atomic E-state index is 14.6. The van der Waals surface area contributed by atoms with Gasteiger partial charge in [0.2, 0.25) is 0 Å². The fraction of sp³-hybridized carbons (Fsp3) is 0.0714. The van der Waals surface area contributed by atoms with Crippen molar-refractivity contribution in [1.29, 1.82) is 0 Å². The van der Waals surface area contributed by atoms with Crippen molar-refractivity contribution in [1.82, 2.24) is 4.98 Å². The third kappa shape index (κ3) is 4.04. The van der Waals surface area contributed by atoms with Gasteiger partial charge in [0.25, 0.3) is 0 Å². The Morgan fingerprint density at radius 2 is 1.39 bits per heavy atom. The van der Waals surface area contributed by atoms with Gasteiger partial charge >= 0.3 is 0 Å². The minimum absolute atomic E-state index is 0.222. The van der Waals surface area contributed by atoms with Crippen molar-refractivity contribution in [3.63, 3.8) is 0 Å². The molecular weight excluding hydrogens is 423 g/mol. The van der Waals surface area contributed by atoms with Crippen LogP contribution in [0.25, 0.3) is 32.9 Å². The van der Waals surface area contributed by atoms with Crippen LogP contribution < -0.4 is 4.74 Å². The molecule has 0 saturated carbocycles. The Labute approximate surface area is 188 Å². The Bertz CT molecular complexity index is 1570. The molecule has 162 valence electrons. The molecule has 0 fully saturated rings. The molecule has 0 radical (unpaired) electrons. The van der Waals surface area contributed by atoms with E-state index in [9.17, 15) is 13.2 Å². The molecule has 33 heavy (non-hydrogen) atoms. The molecule has 1 N–H and O–H groups in total. The van der Waals surface area contributed by atoms with E-state index >= 15 is 0 Å². The summed E-state index contributed by atoms with van der Waals surface area (Å²) < 4.78 is 46.8. The second-order valence-electron chi connectivity index (χ2n) is 7.60. The summed E-state index contributed by atoms with van der Waals surface area (Å²) >= 11 is 0. The van der Waals surface area contributed by atoms with Crippen LogP contribution in [0.15, 0.2) is 72.8 Å². The number of aromatic amines is 1. The summed E-state index contributed by atoms with van der Waals surface area (Å²) in [4.78, 5) is 3.38. The Morgan fingerprint density at radius 3 is 2.12 bits per heavy atom. The molecule has 4 aromatic carbocycles. The number of hydrogen-bond acceptors (Lipinski definition) is 1. The van der Waals surface area contributed by atoms with Crippen LogP contribution in [-0.4, -0.2) is 11.6 Å². The first-order chi connectivity index (χ1) is 16.0. The SMILES string of the molecule is CCOc1ccc2c(c1)[nH]c1cc(C#Cc3ccc(-c4ccc(F)c(F)c4)cc3F)ccc12. The molecule has 5 heteroatoms. The van der Waals surface area contributed by atoms with Crippen LogP contribution in [0.2, 0.25) is 0 Å². The highest BCUT2D eigenvalue weighted by molar-refractivity contribution is 6.07. The van der Waals surface area contributed by atoms with E-state index in [4.69, 9.17) is 4.74 Å². The van der Waals surface area contributed by atoms with Crippen LogP contribution >= 0.6 is 0 Å². The van der Waals surface area contributed by atoms with Crippen molar-refractivity contribution < 1.29 is 17.9 Å². The molecule has 2 nitrogen and oxygen atoms in total. The molecule has 1 aromatic heterocycles. The number of rotatable bonds is 3. The Balaban J connectivity index is 1.45. The number of hydrogen-bond donors (Lipinski definition) is 1. The summed E-state index contributed by atoms with van der Waals surface area (Å²) in [6, 6.07) is 19.7. The highest BCUT2D eigenvalue weighted by atomic mass is 19.2. The lowest BCUT2D eigenvalue weighted by molar-refractivity contribution is 0.340. The fourth-order valence-electron chi connectivity index (χ4n) is 3.83. The van der Waals surface area contributed by atoms with Crippen molar-refractivity contribution >= 4 is 21.8 Å². The van der Waals surface area contributed by atoms with Crippen molar-refractivity contribution in [2.24, 2.45) is 0 Å². The van der Waals surface area contributed by atoms with Crippen molar-refractivity contribution in [3.05, 3.63) is 101 Å². The van der Waals surface area contributed by atoms with E-state index in [0.29, 0.717) is 17.7 Å². The first-order valence-corrected chi connectivity index (χ1v) is 10.5. The van der Waals surface area contributed by atoms with Gasteiger partial charge in [0.05, 0.1) is 17.7 Å². The number of fused-ring (bicyclic) bond motifs is 3. The van der Waals surface area contributed by atoms with E-state index in [1.54, 1.807) is 6.07 Å². The lowest BCUT2D eigenvalue weighted by Crippen LogP contribution is -1.90. The molecule has 5 aromatic rings. The lowest BCUT2D eigenvalue weighted by Gasteiger charge is -2.04. The van der Waals surface area contributed by atoms with Gasteiger partial charge in [-0.2, -0.15) is 0 Å². The van der Waals surface area contributed by atoms with Crippen LogP contribution in [0.1, 0.15) is 18.1 Å². The van der Waals surface area contributed by atoms with Gasteiger partial charge in [-0.1, -0.05) is 30.0 Å². The van der Waals surface area contributed by atoms with Crippen LogP contribution in [0.5, 0.6) is 5.75 Å². The summed E-state index contributed by atoms with van der Waals surface area (Å²) in [5.74, 6) is 4.22. The topological polar surface area (TPSA) is 25.0 Å². The first kappa shape index (κ1) is 20.7. The summed E-state index contributed by atoms with van der Waals surface area (Å²) in [6.45, 7) is 2.54. The highest BCUT2D eigenvalue weighted by Gasteiger charge is 2.08. The van der Waals surface area contributed by atoms with Crippen LogP contribution in [-0.2, 0) is 0 Å². The van der Waals surface area contributed by atoms with Gasteiger partial charge in [-0.05, 0) is 66.6 Å². The fourth-order valence-corrected chi connectivity index (χ4v) is 3.83. The lowest BCUT2D eigenvalue weighted by atomic mass is 10.0. The monoisotopic (exact) mass is 441 g/mol. The minimum Gasteiger partial charge on any atom is -0.494 e. The van der Waals surface area contributed by atoms with Gasteiger partial charge in [-0.15, -0.1) is 0 Å². The normalized spacial score (nSPS) is 10.9. The predicted octanol–water partition coefficient (Wildman–Crippen LogP) is 7.20. The molecule has 0 unspecified atom stereocenters. The molecule has 0 aliphatic heterocycles. The smallest absolute Gasteiger partial charge is 0.159 e. The standard InChI is InChI=1S/C28H18F3NO/c1-2-33-21-9-11-23-22-10-4-17(13-27(22)32-28(23)16-21)3-5-18-6-7-19(14-25(18)30)20-8-12-24(29)26(31)15-20/h4,6-16,32H,2H2,1H3. The second-order valence-corrected chi connectivity index (χ2v) is 7.60. The number of halogens is 3. The van der Waals surface area contributed by atoms with Gasteiger partial charge in [0.1, 0.15) is 11.6 Å². The van der Waals surface area contributed by atoms with Crippen molar-refractivity contribution in [3.8, 4) is 28.7 Å². The van der Waals surface area contributed by atoms with E-state index < -0.39 is 17.5 Å². The van der Waals surface area contributed by atoms with E-state index in [2.05, 4.69) is 16.8 Å². The Hall–Kier alpha value is -4.17. The minimum atomic E-state index is -0.974. The molecule has 0 saturated heterocycles. The third-order valence-corrected chi connectivity index (χ3v) is 5.44. The maximum Gasteiger partial charge on any atom is 0.159 e. The van der Waals surface area contributed by atoms with Gasteiger partial charge in [-0.3, -0.25) is 0 Å². The summed E-state index contributed by atoms with van der Waals surface area (Å²) in [5.41, 5.74) is 3.70. The molecule has 0 atom stereocenters. The number of nitrogens with one attached hydrogen (secondary N) is 1. The quantitative estimate of drug-likeness (QED) is 0.294. The maximum atomic E-state index is 14.6. The zero-order valence-corrected chi connectivity index (χ0v) is 17.7. The zero-order chi connectivity index (χ0) is 22.9. The number of aromatic nitrogens is 1. The zero-order valence-electron chi connectivity index (χ0n) is 17.7. The molecule has 5 rings (SSSR count). The van der Waals surface area contributed by atoms with Crippen LogP contribution in [0.4, 0.5) is 13.2 Å². The second kappa shape index (κ2) is 8.40. The third-order valence-electron chi connectivity index (χ3n) is 5.44. The molecule has 0 aliphatic carbocycles. The molecule has 0 aliphatic rings. The van der Waals surface area contributed by atoms with Crippen molar-refractivity contribution in [2.75, 3.05) is 6.61 Å². The predicted molar refractivity (Wildman–Crippen MR) is 125 cm³/mol. The van der Waals surface area contributed by atoms with Crippen molar-refractivity contribution in [2.45, 2.75) is 6.92 Å². The number of H-pyrrole nitrogens is 1. The largest absolute Gasteiger partial charge is 0.494 e. The van der Waals surface area contributed by atoms with Gasteiger partial charge in [-0.25, -0.2) is 13.2 Å². The van der Waals surface area contributed by atoms with Crippen LogP contribution in [0, 0.1) is 29.3 Å². The average molecular weight is 441 g/mol. The molecule has 0 amide bonds. The van der Waals surface area contributed by atoms with E-state index in [1.165, 1.54) is 18.2 Å². The van der Waals surface area contributed by atoms with Crippen LogP contribution in [0.3, 0.4) is 0 Å². The van der Waals surface area contributed by atoms with Gasteiger partial charge in [0.15, 0.2) is 11.6 Å². The molecule has 0 spiro atoms. The average Bonchev–Trinajstić information content (AvgIpc) is 3.17. The summed E-state index contributed by atoms with van der Waals surface area (Å²) in [7, 11) is 0. The number of ether oxygens (including phenoxy) is 1. The Morgan fingerprint density at radius 1 is 0.697 bits per heavy atom. The van der Waals surface area contributed by atoms with E-state index in [1.807, 2.05) is 43.3 Å². The molecular formula is C28H18F3NO. The molecule has 1 heterocycles. The summed E-state index contributed by atoms with van der Waals surface area (Å²) in [6.07, 6.45) is 0. The van der Waals surface area contributed by atoms with E-state index in [-0.39, 0.29) is 5.56 Å². The Kier molecular flexibility index (Phi) is 5.27. The first-order valence-electron chi connectivity index (χ1n) is 10.5.